The highest BCUT2D eigenvalue weighted by atomic mass is 16.1. The number of pyridine rings is 1. The van der Waals surface area contributed by atoms with Gasteiger partial charge in [0, 0.05) is 24.6 Å². The first kappa shape index (κ1) is 15.7. The van der Waals surface area contributed by atoms with E-state index in [0.717, 1.165) is 30.4 Å². The van der Waals surface area contributed by atoms with Crippen molar-refractivity contribution in [3.8, 4) is 5.69 Å². The Morgan fingerprint density at radius 2 is 2.04 bits per heavy atom. The molecule has 0 radical (unpaired) electrons. The smallest absolute Gasteiger partial charge is 0.270 e. The van der Waals surface area contributed by atoms with Crippen molar-refractivity contribution in [1.29, 1.82) is 0 Å². The molecule has 1 N–H and O–H groups in total. The topological polar surface area (TPSA) is 59.8 Å². The summed E-state index contributed by atoms with van der Waals surface area (Å²) in [6, 6.07) is 3.94. The van der Waals surface area contributed by atoms with E-state index in [1.165, 1.54) is 12.8 Å². The molecule has 0 spiro atoms. The van der Waals surface area contributed by atoms with Crippen molar-refractivity contribution in [3.05, 3.63) is 42.7 Å². The number of carbonyl (C=O) groups excluding carboxylic acids is 1. The maximum Gasteiger partial charge on any atom is 0.270 e. The third kappa shape index (κ3) is 3.78. The van der Waals surface area contributed by atoms with Crippen LogP contribution in [0.25, 0.3) is 5.69 Å². The molecule has 2 aromatic heterocycles. The summed E-state index contributed by atoms with van der Waals surface area (Å²) in [5.74, 6) is 1.45. The third-order valence-electron chi connectivity index (χ3n) is 4.83. The number of nitrogens with one attached hydrogen (secondary N) is 1. The molecule has 23 heavy (non-hydrogen) atoms. The second-order valence-corrected chi connectivity index (χ2v) is 6.70. The molecule has 5 heteroatoms. The summed E-state index contributed by atoms with van der Waals surface area (Å²) in [6.45, 7) is 4.57. The van der Waals surface area contributed by atoms with Gasteiger partial charge in [-0.15, -0.1) is 0 Å². The van der Waals surface area contributed by atoms with Gasteiger partial charge in [0.2, 0.25) is 0 Å². The van der Waals surface area contributed by atoms with Gasteiger partial charge in [0.25, 0.3) is 5.91 Å². The standard InChI is InChI=1S/C18H24N4O/c1-13(2)14-3-5-15(6-4-14)21-18(23)17-11-16(7-8-20-17)22-10-9-19-12-22/h7-15H,3-6H2,1-2H3,(H,21,23). The number of hydrogen-bond donors (Lipinski definition) is 1. The molecule has 1 aliphatic carbocycles. The SMILES string of the molecule is CC(C)C1CCC(NC(=O)c2cc(-n3ccnc3)ccn2)CC1. The van der Waals surface area contributed by atoms with Gasteiger partial charge in [-0.2, -0.15) is 0 Å². The van der Waals surface area contributed by atoms with Crippen LogP contribution in [0.15, 0.2) is 37.1 Å². The van der Waals surface area contributed by atoms with Crippen molar-refractivity contribution in [2.75, 3.05) is 0 Å². The molecule has 0 aliphatic heterocycles. The third-order valence-corrected chi connectivity index (χ3v) is 4.83. The molecule has 122 valence electrons. The Hall–Kier alpha value is -2.17. The highest BCUT2D eigenvalue weighted by Gasteiger charge is 2.24. The highest BCUT2D eigenvalue weighted by Crippen LogP contribution is 2.29. The van der Waals surface area contributed by atoms with E-state index >= 15 is 0 Å². The summed E-state index contributed by atoms with van der Waals surface area (Å²) < 4.78 is 1.87. The number of hydrogen-bond acceptors (Lipinski definition) is 3. The first-order valence-electron chi connectivity index (χ1n) is 8.38. The summed E-state index contributed by atoms with van der Waals surface area (Å²) in [7, 11) is 0. The molecule has 5 nitrogen and oxygen atoms in total. The van der Waals surface area contributed by atoms with Crippen LogP contribution in [-0.4, -0.2) is 26.5 Å². The quantitative estimate of drug-likeness (QED) is 0.943. The maximum atomic E-state index is 12.5. The lowest BCUT2D eigenvalue weighted by atomic mass is 9.80. The van der Waals surface area contributed by atoms with Gasteiger partial charge < -0.3 is 9.88 Å². The molecule has 2 aromatic rings. The van der Waals surface area contributed by atoms with Crippen LogP contribution in [0.1, 0.15) is 50.0 Å². The minimum absolute atomic E-state index is 0.0834. The normalized spacial score (nSPS) is 21.3. The maximum absolute atomic E-state index is 12.5. The molecule has 0 saturated heterocycles. The molecule has 1 amide bonds. The van der Waals surface area contributed by atoms with E-state index in [2.05, 4.69) is 29.1 Å². The van der Waals surface area contributed by atoms with E-state index in [0.29, 0.717) is 5.69 Å². The van der Waals surface area contributed by atoms with Crippen LogP contribution < -0.4 is 5.32 Å². The average molecular weight is 312 g/mol. The zero-order chi connectivity index (χ0) is 16.2. The fourth-order valence-electron chi connectivity index (χ4n) is 3.31. The van der Waals surface area contributed by atoms with Gasteiger partial charge in [0.1, 0.15) is 5.69 Å². The van der Waals surface area contributed by atoms with Crippen LogP contribution in [0.5, 0.6) is 0 Å². The average Bonchev–Trinajstić information content (AvgIpc) is 3.10. The molecule has 0 bridgehead atoms. The predicted octanol–water partition coefficient (Wildman–Crippen LogP) is 3.21. The Morgan fingerprint density at radius 3 is 2.70 bits per heavy atom. The van der Waals surface area contributed by atoms with E-state index in [9.17, 15) is 4.79 Å². The molecule has 3 rings (SSSR count). The second kappa shape index (κ2) is 6.94. The van der Waals surface area contributed by atoms with Crippen molar-refractivity contribution in [3.63, 3.8) is 0 Å². The summed E-state index contributed by atoms with van der Waals surface area (Å²) in [4.78, 5) is 20.7. The zero-order valence-corrected chi connectivity index (χ0v) is 13.8. The van der Waals surface area contributed by atoms with Crippen molar-refractivity contribution < 1.29 is 4.79 Å². The Morgan fingerprint density at radius 1 is 1.26 bits per heavy atom. The number of nitrogens with zero attached hydrogens (tertiary/aromatic N) is 3. The van der Waals surface area contributed by atoms with Crippen molar-refractivity contribution in [2.45, 2.75) is 45.6 Å². The fourth-order valence-corrected chi connectivity index (χ4v) is 3.31. The molecule has 0 unspecified atom stereocenters. The van der Waals surface area contributed by atoms with Crippen LogP contribution in [0, 0.1) is 11.8 Å². The van der Waals surface area contributed by atoms with Gasteiger partial charge >= 0.3 is 0 Å². The zero-order valence-electron chi connectivity index (χ0n) is 13.8. The summed E-state index contributed by atoms with van der Waals surface area (Å²) in [5, 5.41) is 3.14. The van der Waals surface area contributed by atoms with Gasteiger partial charge in [0.05, 0.1) is 12.0 Å². The van der Waals surface area contributed by atoms with E-state index in [1.807, 2.05) is 16.8 Å². The predicted molar refractivity (Wildman–Crippen MR) is 89.4 cm³/mol. The molecular formula is C18H24N4O. The molecular weight excluding hydrogens is 288 g/mol. The Labute approximate surface area is 137 Å². The van der Waals surface area contributed by atoms with Gasteiger partial charge in [-0.05, 0) is 49.7 Å². The first-order valence-corrected chi connectivity index (χ1v) is 8.38. The minimum Gasteiger partial charge on any atom is -0.348 e. The molecule has 2 heterocycles. The molecule has 1 aliphatic rings. The number of rotatable bonds is 4. The lowest BCUT2D eigenvalue weighted by molar-refractivity contribution is 0.0912. The van der Waals surface area contributed by atoms with E-state index < -0.39 is 0 Å². The largest absolute Gasteiger partial charge is 0.348 e. The molecule has 0 atom stereocenters. The Kier molecular flexibility index (Phi) is 4.74. The summed E-state index contributed by atoms with van der Waals surface area (Å²) in [5.41, 5.74) is 1.35. The Bertz CT molecular complexity index is 643. The lowest BCUT2D eigenvalue weighted by Crippen LogP contribution is -2.38. The Balaban J connectivity index is 1.62. The number of amides is 1. The van der Waals surface area contributed by atoms with Crippen molar-refractivity contribution in [1.82, 2.24) is 19.9 Å². The number of aromatic nitrogens is 3. The van der Waals surface area contributed by atoms with Gasteiger partial charge in [-0.1, -0.05) is 13.8 Å². The van der Waals surface area contributed by atoms with Crippen molar-refractivity contribution >= 4 is 5.91 Å². The summed E-state index contributed by atoms with van der Waals surface area (Å²) >= 11 is 0. The number of carbonyl (C=O) groups is 1. The first-order chi connectivity index (χ1) is 11.1. The monoisotopic (exact) mass is 312 g/mol. The van der Waals surface area contributed by atoms with Crippen LogP contribution in [-0.2, 0) is 0 Å². The molecule has 1 saturated carbocycles. The molecule has 0 aromatic carbocycles. The van der Waals surface area contributed by atoms with Gasteiger partial charge in [-0.25, -0.2) is 4.98 Å². The fraction of sp³-hybridized carbons (Fsp3) is 0.500. The van der Waals surface area contributed by atoms with Crippen molar-refractivity contribution in [2.24, 2.45) is 11.8 Å². The van der Waals surface area contributed by atoms with Gasteiger partial charge in [0.15, 0.2) is 0 Å². The van der Waals surface area contributed by atoms with Crippen LogP contribution in [0.3, 0.4) is 0 Å². The summed E-state index contributed by atoms with van der Waals surface area (Å²) in [6.07, 6.45) is 11.5. The van der Waals surface area contributed by atoms with E-state index in [1.54, 1.807) is 24.8 Å². The lowest BCUT2D eigenvalue weighted by Gasteiger charge is -2.31. The molecule has 1 fully saturated rings. The van der Waals surface area contributed by atoms with Crippen LogP contribution in [0.2, 0.25) is 0 Å². The number of imidazole rings is 1. The van der Waals surface area contributed by atoms with Crippen LogP contribution in [0.4, 0.5) is 0 Å². The van der Waals surface area contributed by atoms with E-state index in [4.69, 9.17) is 0 Å². The van der Waals surface area contributed by atoms with E-state index in [-0.39, 0.29) is 11.9 Å². The second-order valence-electron chi connectivity index (χ2n) is 6.70. The van der Waals surface area contributed by atoms with Gasteiger partial charge in [-0.3, -0.25) is 9.78 Å². The highest BCUT2D eigenvalue weighted by molar-refractivity contribution is 5.92. The van der Waals surface area contributed by atoms with Crippen LogP contribution >= 0.6 is 0 Å². The minimum atomic E-state index is -0.0834.